The molecule has 0 heterocycles. The van der Waals surface area contributed by atoms with Crippen LogP contribution < -0.4 is 10.6 Å². The second-order valence-corrected chi connectivity index (χ2v) is 6.27. The normalized spacial score (nSPS) is 15.9. The number of anilines is 1. The van der Waals surface area contributed by atoms with Gasteiger partial charge in [0.15, 0.2) is 0 Å². The average molecular weight is 333 g/mol. The maximum Gasteiger partial charge on any atom is 0.242 e. The molecule has 20 heavy (non-hydrogen) atoms. The highest BCUT2D eigenvalue weighted by atomic mass is 79.9. The Bertz CT molecular complexity index is 652. The van der Waals surface area contributed by atoms with Gasteiger partial charge < -0.3 is 10.6 Å². The van der Waals surface area contributed by atoms with E-state index in [4.69, 9.17) is 0 Å². The lowest BCUT2D eigenvalue weighted by Gasteiger charge is -2.15. The number of carbonyl (C=O) groups is 1. The Morgan fingerprint density at radius 1 is 1.20 bits per heavy atom. The maximum absolute atomic E-state index is 11.9. The molecule has 0 aromatic heterocycles. The summed E-state index contributed by atoms with van der Waals surface area (Å²) in [5.41, 5.74) is 0.971. The van der Waals surface area contributed by atoms with Crippen molar-refractivity contribution in [3.05, 3.63) is 40.9 Å². The van der Waals surface area contributed by atoms with E-state index < -0.39 is 0 Å². The summed E-state index contributed by atoms with van der Waals surface area (Å²) in [6, 6.07) is 12.5. The number of fused-ring (bicyclic) bond motifs is 1. The van der Waals surface area contributed by atoms with Crippen LogP contribution in [-0.2, 0) is 4.79 Å². The Labute approximate surface area is 126 Å². The fraction of sp³-hybridized carbons (Fsp3) is 0.312. The molecule has 3 nitrogen and oxygen atoms in total. The molecule has 1 amide bonds. The zero-order valence-corrected chi connectivity index (χ0v) is 12.9. The molecule has 2 aromatic carbocycles. The summed E-state index contributed by atoms with van der Waals surface area (Å²) in [6.07, 6.45) is 2.23. The van der Waals surface area contributed by atoms with Crippen molar-refractivity contribution in [3.63, 3.8) is 0 Å². The smallest absolute Gasteiger partial charge is 0.242 e. The molecule has 1 saturated carbocycles. The quantitative estimate of drug-likeness (QED) is 0.896. The van der Waals surface area contributed by atoms with Crippen LogP contribution in [-0.4, -0.2) is 18.0 Å². The minimum Gasteiger partial charge on any atom is -0.374 e. The van der Waals surface area contributed by atoms with Gasteiger partial charge in [-0.15, -0.1) is 0 Å². The molecular weight excluding hydrogens is 316 g/mol. The van der Waals surface area contributed by atoms with E-state index >= 15 is 0 Å². The number of nitrogens with one attached hydrogen (secondary N) is 2. The number of benzene rings is 2. The molecule has 4 heteroatoms. The van der Waals surface area contributed by atoms with Gasteiger partial charge in [-0.25, -0.2) is 0 Å². The third-order valence-electron chi connectivity index (χ3n) is 3.50. The van der Waals surface area contributed by atoms with Gasteiger partial charge in [0.25, 0.3) is 0 Å². The largest absolute Gasteiger partial charge is 0.374 e. The molecule has 0 bridgehead atoms. The lowest BCUT2D eigenvalue weighted by atomic mass is 10.1. The number of hydrogen-bond donors (Lipinski definition) is 2. The van der Waals surface area contributed by atoms with Crippen molar-refractivity contribution in [2.45, 2.75) is 31.8 Å². The van der Waals surface area contributed by atoms with Gasteiger partial charge >= 0.3 is 0 Å². The summed E-state index contributed by atoms with van der Waals surface area (Å²) in [4.78, 5) is 11.9. The summed E-state index contributed by atoms with van der Waals surface area (Å²) in [5.74, 6) is 0.0726. The van der Waals surface area contributed by atoms with Crippen molar-refractivity contribution in [1.29, 1.82) is 0 Å². The molecule has 104 valence electrons. The summed E-state index contributed by atoms with van der Waals surface area (Å²) in [5, 5.41) is 8.61. The predicted molar refractivity (Wildman–Crippen MR) is 85.9 cm³/mol. The molecule has 3 rings (SSSR count). The SMILES string of the molecule is CC(Nc1ccc2cc(Br)ccc2c1)C(=O)NC1CC1. The lowest BCUT2D eigenvalue weighted by Crippen LogP contribution is -2.38. The van der Waals surface area contributed by atoms with Crippen LogP contribution in [0.4, 0.5) is 5.69 Å². The first-order valence-electron chi connectivity index (χ1n) is 6.88. The van der Waals surface area contributed by atoms with Crippen LogP contribution in [0.2, 0.25) is 0 Å². The van der Waals surface area contributed by atoms with Gasteiger partial charge in [-0.2, -0.15) is 0 Å². The van der Waals surface area contributed by atoms with Crippen molar-refractivity contribution < 1.29 is 4.79 Å². The number of halogens is 1. The van der Waals surface area contributed by atoms with Crippen LogP contribution in [0, 0.1) is 0 Å². The highest BCUT2D eigenvalue weighted by Gasteiger charge is 2.25. The van der Waals surface area contributed by atoms with Gasteiger partial charge in [0.05, 0.1) is 0 Å². The van der Waals surface area contributed by atoms with E-state index in [1.165, 1.54) is 5.39 Å². The Hall–Kier alpha value is -1.55. The van der Waals surface area contributed by atoms with E-state index in [0.29, 0.717) is 6.04 Å². The first kappa shape index (κ1) is 13.4. The second kappa shape index (κ2) is 5.44. The number of carbonyl (C=O) groups excluding carboxylic acids is 1. The average Bonchev–Trinajstić information content (AvgIpc) is 3.22. The molecule has 2 N–H and O–H groups in total. The highest BCUT2D eigenvalue weighted by Crippen LogP contribution is 2.23. The number of hydrogen-bond acceptors (Lipinski definition) is 2. The first-order valence-corrected chi connectivity index (χ1v) is 7.67. The number of rotatable bonds is 4. The molecule has 1 fully saturated rings. The van der Waals surface area contributed by atoms with E-state index in [9.17, 15) is 4.79 Å². The van der Waals surface area contributed by atoms with Crippen LogP contribution >= 0.6 is 15.9 Å². The minimum absolute atomic E-state index is 0.0726. The monoisotopic (exact) mass is 332 g/mol. The molecule has 1 aliphatic carbocycles. The van der Waals surface area contributed by atoms with Crippen molar-refractivity contribution in [2.75, 3.05) is 5.32 Å². The predicted octanol–water partition coefficient (Wildman–Crippen LogP) is 3.68. The highest BCUT2D eigenvalue weighted by molar-refractivity contribution is 9.10. The molecule has 0 saturated heterocycles. The fourth-order valence-electron chi connectivity index (χ4n) is 2.18. The van der Waals surface area contributed by atoms with Crippen molar-refractivity contribution in [2.24, 2.45) is 0 Å². The van der Waals surface area contributed by atoms with Gasteiger partial charge in [-0.1, -0.05) is 28.1 Å². The molecule has 0 aliphatic heterocycles. The Morgan fingerprint density at radius 3 is 2.65 bits per heavy atom. The molecule has 0 spiro atoms. The summed E-state index contributed by atoms with van der Waals surface area (Å²) < 4.78 is 1.07. The Kier molecular flexibility index (Phi) is 3.66. The second-order valence-electron chi connectivity index (χ2n) is 5.36. The molecular formula is C16H17BrN2O. The van der Waals surface area contributed by atoms with Gasteiger partial charge in [0.1, 0.15) is 6.04 Å². The minimum atomic E-state index is -0.219. The van der Waals surface area contributed by atoms with E-state index in [2.05, 4.69) is 50.8 Å². The van der Waals surface area contributed by atoms with Crippen molar-refractivity contribution in [1.82, 2.24) is 5.32 Å². The molecule has 1 atom stereocenters. The zero-order chi connectivity index (χ0) is 14.1. The van der Waals surface area contributed by atoms with Crippen molar-refractivity contribution in [3.8, 4) is 0 Å². The maximum atomic E-state index is 11.9. The van der Waals surface area contributed by atoms with Gasteiger partial charge in [-0.05, 0) is 54.8 Å². The molecule has 1 unspecified atom stereocenters. The molecule has 0 radical (unpaired) electrons. The fourth-order valence-corrected chi connectivity index (χ4v) is 2.55. The summed E-state index contributed by atoms with van der Waals surface area (Å²) in [6.45, 7) is 1.89. The van der Waals surface area contributed by atoms with Crippen LogP contribution in [0.5, 0.6) is 0 Å². The number of amides is 1. The standard InChI is InChI=1S/C16H17BrN2O/c1-10(16(20)19-14-6-7-14)18-15-5-3-11-8-13(17)4-2-12(11)9-15/h2-5,8-10,14,18H,6-7H2,1H3,(H,19,20). The van der Waals surface area contributed by atoms with Crippen LogP contribution in [0.25, 0.3) is 10.8 Å². The summed E-state index contributed by atoms with van der Waals surface area (Å²) >= 11 is 3.47. The molecule has 1 aliphatic rings. The van der Waals surface area contributed by atoms with Crippen LogP contribution in [0.3, 0.4) is 0 Å². The van der Waals surface area contributed by atoms with E-state index in [0.717, 1.165) is 28.4 Å². The van der Waals surface area contributed by atoms with Crippen LogP contribution in [0.15, 0.2) is 40.9 Å². The molecule has 2 aromatic rings. The zero-order valence-electron chi connectivity index (χ0n) is 11.3. The van der Waals surface area contributed by atoms with E-state index in [1.54, 1.807) is 0 Å². The van der Waals surface area contributed by atoms with E-state index in [1.807, 2.05) is 19.1 Å². The lowest BCUT2D eigenvalue weighted by molar-refractivity contribution is -0.121. The van der Waals surface area contributed by atoms with Gasteiger partial charge in [-0.3, -0.25) is 4.79 Å². The van der Waals surface area contributed by atoms with Gasteiger partial charge in [0.2, 0.25) is 5.91 Å². The van der Waals surface area contributed by atoms with Crippen molar-refractivity contribution >= 4 is 38.3 Å². The Balaban J connectivity index is 1.73. The third kappa shape index (κ3) is 3.12. The Morgan fingerprint density at radius 2 is 1.90 bits per heavy atom. The topological polar surface area (TPSA) is 41.1 Å². The van der Waals surface area contributed by atoms with Gasteiger partial charge in [0, 0.05) is 16.2 Å². The third-order valence-corrected chi connectivity index (χ3v) is 4.00. The van der Waals surface area contributed by atoms with E-state index in [-0.39, 0.29) is 11.9 Å². The first-order chi connectivity index (χ1) is 9.61. The van der Waals surface area contributed by atoms with Crippen LogP contribution in [0.1, 0.15) is 19.8 Å². The summed E-state index contributed by atoms with van der Waals surface area (Å²) in [7, 11) is 0.